The molecule has 4 N–H and O–H groups in total. The number of amides is 3. The van der Waals surface area contributed by atoms with Crippen LogP contribution in [-0.4, -0.2) is 42.0 Å². The van der Waals surface area contributed by atoms with Crippen molar-refractivity contribution in [3.8, 4) is 0 Å². The average molecular weight is 395 g/mol. The summed E-state index contributed by atoms with van der Waals surface area (Å²) in [7, 11) is 0. The van der Waals surface area contributed by atoms with Crippen LogP contribution in [0, 0.1) is 5.41 Å². The van der Waals surface area contributed by atoms with Crippen molar-refractivity contribution < 1.29 is 9.59 Å². The minimum absolute atomic E-state index is 0. The molecule has 27 heavy (non-hydrogen) atoms. The number of hydrogen-bond donors (Lipinski definition) is 3. The lowest BCUT2D eigenvalue weighted by molar-refractivity contribution is -0.137. The molecule has 0 radical (unpaired) electrons. The summed E-state index contributed by atoms with van der Waals surface area (Å²) in [6.45, 7) is 4.56. The van der Waals surface area contributed by atoms with Crippen molar-refractivity contribution in [3.63, 3.8) is 0 Å². The quantitative estimate of drug-likeness (QED) is 0.716. The molecule has 1 aliphatic heterocycles. The molecule has 2 fully saturated rings. The molecule has 7 heteroatoms. The molecule has 1 saturated carbocycles. The van der Waals surface area contributed by atoms with Gasteiger partial charge in [0.25, 0.3) is 0 Å². The Morgan fingerprint density at radius 2 is 1.81 bits per heavy atom. The van der Waals surface area contributed by atoms with E-state index in [2.05, 4.69) is 17.6 Å². The van der Waals surface area contributed by atoms with Crippen molar-refractivity contribution in [3.05, 3.63) is 35.9 Å². The van der Waals surface area contributed by atoms with E-state index in [9.17, 15) is 9.59 Å². The molecule has 1 unspecified atom stereocenters. The van der Waals surface area contributed by atoms with Gasteiger partial charge >= 0.3 is 6.03 Å². The van der Waals surface area contributed by atoms with Crippen molar-refractivity contribution in [2.45, 2.75) is 51.1 Å². The lowest BCUT2D eigenvalue weighted by atomic mass is 9.90. The third kappa shape index (κ3) is 4.93. The fraction of sp³-hybridized carbons (Fsp3) is 0.600. The van der Waals surface area contributed by atoms with E-state index < -0.39 is 5.54 Å². The van der Waals surface area contributed by atoms with Crippen LogP contribution in [0.25, 0.3) is 0 Å². The Balaban J connectivity index is 0.00000261. The highest BCUT2D eigenvalue weighted by molar-refractivity contribution is 5.91. The standard InChI is InChI=1S/C20H30N4O2.ClH/c1-19(14-21)11-12-24(15-19)17(25)20(9-5-6-10-20)23-18(26)22-13-16-7-3-2-4-8-16;/h2-4,7-8H,5-6,9-15,21H2,1H3,(H2,22,23,26);1H. The normalized spacial score (nSPS) is 23.6. The number of halogens is 1. The molecule has 1 heterocycles. The number of nitrogens with two attached hydrogens (primary N) is 1. The molecule has 3 rings (SSSR count). The average Bonchev–Trinajstić information content (AvgIpc) is 3.28. The van der Waals surface area contributed by atoms with E-state index in [1.165, 1.54) is 0 Å². The van der Waals surface area contributed by atoms with Gasteiger partial charge in [0.1, 0.15) is 5.54 Å². The highest BCUT2D eigenvalue weighted by Crippen LogP contribution is 2.35. The third-order valence-electron chi connectivity index (χ3n) is 5.85. The van der Waals surface area contributed by atoms with E-state index in [1.54, 1.807) is 0 Å². The minimum atomic E-state index is -0.763. The summed E-state index contributed by atoms with van der Waals surface area (Å²) in [5, 5.41) is 5.89. The third-order valence-corrected chi connectivity index (χ3v) is 5.85. The number of rotatable bonds is 5. The van der Waals surface area contributed by atoms with Crippen LogP contribution in [0.15, 0.2) is 30.3 Å². The van der Waals surface area contributed by atoms with Crippen molar-refractivity contribution in [1.82, 2.24) is 15.5 Å². The maximum absolute atomic E-state index is 13.2. The number of urea groups is 1. The van der Waals surface area contributed by atoms with E-state index in [4.69, 9.17) is 5.73 Å². The van der Waals surface area contributed by atoms with Crippen molar-refractivity contribution in [2.75, 3.05) is 19.6 Å². The molecule has 0 bridgehead atoms. The number of benzene rings is 1. The highest BCUT2D eigenvalue weighted by Gasteiger charge is 2.47. The van der Waals surface area contributed by atoms with Gasteiger partial charge in [-0.25, -0.2) is 4.79 Å². The predicted molar refractivity (Wildman–Crippen MR) is 109 cm³/mol. The lowest BCUT2D eigenvalue weighted by Gasteiger charge is -2.34. The second kappa shape index (κ2) is 8.93. The topological polar surface area (TPSA) is 87.5 Å². The van der Waals surface area contributed by atoms with Crippen molar-refractivity contribution in [2.24, 2.45) is 11.1 Å². The van der Waals surface area contributed by atoms with Gasteiger partial charge in [-0.2, -0.15) is 0 Å². The summed E-state index contributed by atoms with van der Waals surface area (Å²) >= 11 is 0. The first kappa shape index (κ1) is 21.5. The minimum Gasteiger partial charge on any atom is -0.340 e. The Labute approximate surface area is 167 Å². The summed E-state index contributed by atoms with van der Waals surface area (Å²) in [4.78, 5) is 27.6. The molecule has 1 atom stereocenters. The summed E-state index contributed by atoms with van der Waals surface area (Å²) in [5.74, 6) is 0.0574. The highest BCUT2D eigenvalue weighted by atomic mass is 35.5. The molecular formula is C20H31ClN4O2. The Kier molecular flexibility index (Phi) is 7.12. The first-order valence-corrected chi connectivity index (χ1v) is 9.56. The molecule has 150 valence electrons. The van der Waals surface area contributed by atoms with Crippen LogP contribution in [0.3, 0.4) is 0 Å². The lowest BCUT2D eigenvalue weighted by Crippen LogP contribution is -2.59. The van der Waals surface area contributed by atoms with Crippen molar-refractivity contribution >= 4 is 24.3 Å². The second-order valence-electron chi connectivity index (χ2n) is 8.07. The maximum Gasteiger partial charge on any atom is 0.315 e. The van der Waals surface area contributed by atoms with Crippen LogP contribution < -0.4 is 16.4 Å². The molecule has 3 amide bonds. The number of likely N-dealkylation sites (tertiary alicyclic amines) is 1. The summed E-state index contributed by atoms with van der Waals surface area (Å²) in [5.41, 5.74) is 6.14. The van der Waals surface area contributed by atoms with Gasteiger partial charge in [-0.15, -0.1) is 12.4 Å². The van der Waals surface area contributed by atoms with Crippen LogP contribution in [0.2, 0.25) is 0 Å². The Hall–Kier alpha value is -1.79. The van der Waals surface area contributed by atoms with Crippen LogP contribution in [0.5, 0.6) is 0 Å². The molecule has 1 aromatic rings. The zero-order chi connectivity index (χ0) is 18.6. The molecular weight excluding hydrogens is 364 g/mol. The van der Waals surface area contributed by atoms with Gasteiger partial charge in [-0.05, 0) is 36.8 Å². The molecule has 0 spiro atoms. The smallest absolute Gasteiger partial charge is 0.315 e. The number of nitrogens with one attached hydrogen (secondary N) is 2. The fourth-order valence-corrected chi connectivity index (χ4v) is 4.08. The van der Waals surface area contributed by atoms with Crippen LogP contribution in [-0.2, 0) is 11.3 Å². The predicted octanol–water partition coefficient (Wildman–Crippen LogP) is 2.42. The van der Waals surface area contributed by atoms with Crippen LogP contribution >= 0.6 is 12.4 Å². The van der Waals surface area contributed by atoms with Crippen LogP contribution in [0.4, 0.5) is 4.79 Å². The Bertz CT molecular complexity index is 649. The van der Waals surface area contributed by atoms with Crippen molar-refractivity contribution in [1.29, 1.82) is 0 Å². The van der Waals surface area contributed by atoms with Gasteiger partial charge in [0, 0.05) is 19.6 Å². The molecule has 1 saturated heterocycles. The molecule has 0 aromatic heterocycles. The fourth-order valence-electron chi connectivity index (χ4n) is 4.08. The zero-order valence-corrected chi connectivity index (χ0v) is 16.8. The van der Waals surface area contributed by atoms with E-state index in [0.717, 1.165) is 31.4 Å². The number of carbonyl (C=O) groups excluding carboxylic acids is 2. The van der Waals surface area contributed by atoms with Gasteiger partial charge in [-0.1, -0.05) is 50.1 Å². The number of carbonyl (C=O) groups is 2. The Morgan fingerprint density at radius 3 is 2.41 bits per heavy atom. The van der Waals surface area contributed by atoms with E-state index in [0.29, 0.717) is 32.5 Å². The molecule has 6 nitrogen and oxygen atoms in total. The first-order valence-electron chi connectivity index (χ1n) is 9.56. The number of hydrogen-bond acceptors (Lipinski definition) is 3. The maximum atomic E-state index is 13.2. The summed E-state index contributed by atoms with van der Waals surface area (Å²) < 4.78 is 0. The monoisotopic (exact) mass is 394 g/mol. The number of nitrogens with zero attached hydrogens (tertiary/aromatic N) is 1. The van der Waals surface area contributed by atoms with E-state index in [-0.39, 0.29) is 29.8 Å². The SMILES string of the molecule is CC1(CN)CCN(C(=O)C2(NC(=O)NCc3ccccc3)CCCC2)C1.Cl. The second-order valence-corrected chi connectivity index (χ2v) is 8.07. The van der Waals surface area contributed by atoms with E-state index >= 15 is 0 Å². The van der Waals surface area contributed by atoms with E-state index in [1.807, 2.05) is 35.2 Å². The molecule has 2 aliphatic rings. The van der Waals surface area contributed by atoms with Gasteiger partial charge < -0.3 is 21.3 Å². The molecule has 1 aromatic carbocycles. The molecule has 1 aliphatic carbocycles. The van der Waals surface area contributed by atoms with Gasteiger partial charge in [0.15, 0.2) is 0 Å². The first-order chi connectivity index (χ1) is 12.5. The van der Waals surface area contributed by atoms with Gasteiger partial charge in [-0.3, -0.25) is 4.79 Å². The largest absolute Gasteiger partial charge is 0.340 e. The van der Waals surface area contributed by atoms with Crippen LogP contribution in [0.1, 0.15) is 44.6 Å². The summed E-state index contributed by atoms with van der Waals surface area (Å²) in [6.07, 6.45) is 4.27. The van der Waals surface area contributed by atoms with Gasteiger partial charge in [0.05, 0.1) is 0 Å². The Morgan fingerprint density at radius 1 is 1.15 bits per heavy atom. The van der Waals surface area contributed by atoms with Gasteiger partial charge in [0.2, 0.25) is 5.91 Å². The summed E-state index contributed by atoms with van der Waals surface area (Å²) in [6, 6.07) is 9.49. The zero-order valence-electron chi connectivity index (χ0n) is 16.0.